The summed E-state index contributed by atoms with van der Waals surface area (Å²) < 4.78 is 0. The first-order valence-electron chi connectivity index (χ1n) is 7.09. The predicted molar refractivity (Wildman–Crippen MR) is 94.2 cm³/mol. The van der Waals surface area contributed by atoms with Crippen LogP contribution in [0.2, 0.25) is 10.0 Å². The lowest BCUT2D eigenvalue weighted by Gasteiger charge is -2.11. The van der Waals surface area contributed by atoms with E-state index in [4.69, 9.17) is 35.4 Å². The van der Waals surface area contributed by atoms with Crippen molar-refractivity contribution >= 4 is 52.1 Å². The van der Waals surface area contributed by atoms with E-state index in [0.717, 1.165) is 12.8 Å². The summed E-state index contributed by atoms with van der Waals surface area (Å²) in [6, 6.07) is 5.19. The van der Waals surface area contributed by atoms with Crippen molar-refractivity contribution in [2.45, 2.75) is 45.4 Å². The molecule has 0 aliphatic heterocycles. The van der Waals surface area contributed by atoms with Crippen LogP contribution in [-0.2, 0) is 4.79 Å². The third-order valence-electron chi connectivity index (χ3n) is 2.96. The second kappa shape index (κ2) is 9.98. The van der Waals surface area contributed by atoms with Crippen molar-refractivity contribution in [3.8, 4) is 0 Å². The standard InChI is InChI=1S/C15H20Cl2N2OS/c1-2-3-4-5-6-10-13(20)19-15(21)18-12-9-7-8-11(16)14(12)17/h7-9H,2-6,10H2,1H3,(H2,18,19,20,21). The normalized spacial score (nSPS) is 10.2. The molecular weight excluding hydrogens is 327 g/mol. The smallest absolute Gasteiger partial charge is 0.226 e. The van der Waals surface area contributed by atoms with E-state index in [-0.39, 0.29) is 11.0 Å². The van der Waals surface area contributed by atoms with Gasteiger partial charge in [0.05, 0.1) is 15.7 Å². The number of hydrogen-bond acceptors (Lipinski definition) is 2. The van der Waals surface area contributed by atoms with E-state index < -0.39 is 0 Å². The van der Waals surface area contributed by atoms with Crippen LogP contribution in [0.15, 0.2) is 18.2 Å². The zero-order chi connectivity index (χ0) is 15.7. The zero-order valence-corrected chi connectivity index (χ0v) is 14.4. The minimum atomic E-state index is -0.0813. The molecule has 0 aromatic heterocycles. The van der Waals surface area contributed by atoms with Gasteiger partial charge in [-0.15, -0.1) is 0 Å². The number of rotatable bonds is 7. The molecule has 0 bridgehead atoms. The number of thiocarbonyl (C=S) groups is 1. The SMILES string of the molecule is CCCCCCCC(=O)NC(=S)Nc1cccc(Cl)c1Cl. The van der Waals surface area contributed by atoms with Crippen LogP contribution >= 0.6 is 35.4 Å². The summed E-state index contributed by atoms with van der Waals surface area (Å²) in [5.74, 6) is -0.0813. The second-order valence-corrected chi connectivity index (χ2v) is 5.96. The quantitative estimate of drug-likeness (QED) is 0.528. The van der Waals surface area contributed by atoms with Crippen molar-refractivity contribution < 1.29 is 4.79 Å². The van der Waals surface area contributed by atoms with Gasteiger partial charge in [-0.25, -0.2) is 0 Å². The Morgan fingerprint density at radius 3 is 2.62 bits per heavy atom. The largest absolute Gasteiger partial charge is 0.331 e. The van der Waals surface area contributed by atoms with Crippen molar-refractivity contribution in [1.29, 1.82) is 0 Å². The third kappa shape index (κ3) is 7.11. The van der Waals surface area contributed by atoms with Gasteiger partial charge in [0.15, 0.2) is 5.11 Å². The summed E-state index contributed by atoms with van der Waals surface area (Å²) in [6.45, 7) is 2.16. The Hall–Kier alpha value is -0.840. The van der Waals surface area contributed by atoms with Crippen LogP contribution in [0.25, 0.3) is 0 Å². The molecule has 0 atom stereocenters. The van der Waals surface area contributed by atoms with Gasteiger partial charge in [0.25, 0.3) is 0 Å². The summed E-state index contributed by atoms with van der Waals surface area (Å²) >= 11 is 17.0. The average molecular weight is 347 g/mol. The minimum Gasteiger partial charge on any atom is -0.331 e. The van der Waals surface area contributed by atoms with Gasteiger partial charge in [0.2, 0.25) is 5.91 Å². The number of anilines is 1. The van der Waals surface area contributed by atoms with Crippen LogP contribution in [-0.4, -0.2) is 11.0 Å². The van der Waals surface area contributed by atoms with Crippen molar-refractivity contribution in [1.82, 2.24) is 5.32 Å². The molecule has 116 valence electrons. The topological polar surface area (TPSA) is 41.1 Å². The highest BCUT2D eigenvalue weighted by Crippen LogP contribution is 2.29. The summed E-state index contributed by atoms with van der Waals surface area (Å²) in [5.41, 5.74) is 0.581. The van der Waals surface area contributed by atoms with Crippen molar-refractivity contribution in [3.63, 3.8) is 0 Å². The molecule has 1 aromatic rings. The molecule has 0 unspecified atom stereocenters. The first-order valence-corrected chi connectivity index (χ1v) is 8.26. The lowest BCUT2D eigenvalue weighted by Crippen LogP contribution is -2.34. The molecule has 6 heteroatoms. The molecule has 1 amide bonds. The third-order valence-corrected chi connectivity index (χ3v) is 3.98. The molecule has 0 aliphatic rings. The van der Waals surface area contributed by atoms with Crippen LogP contribution in [0.5, 0.6) is 0 Å². The van der Waals surface area contributed by atoms with E-state index in [9.17, 15) is 4.79 Å². The van der Waals surface area contributed by atoms with Crippen molar-refractivity contribution in [2.24, 2.45) is 0 Å². The number of carbonyl (C=O) groups excluding carboxylic acids is 1. The highest BCUT2D eigenvalue weighted by Gasteiger charge is 2.08. The van der Waals surface area contributed by atoms with Gasteiger partial charge < -0.3 is 10.6 Å². The molecular formula is C15H20Cl2N2OS. The Labute approximate surface area is 141 Å². The molecule has 0 aliphatic carbocycles. The summed E-state index contributed by atoms with van der Waals surface area (Å²) in [5, 5.41) is 6.58. The van der Waals surface area contributed by atoms with Crippen LogP contribution in [0, 0.1) is 0 Å². The molecule has 2 N–H and O–H groups in total. The molecule has 0 saturated heterocycles. The number of unbranched alkanes of at least 4 members (excludes halogenated alkanes) is 4. The lowest BCUT2D eigenvalue weighted by molar-refractivity contribution is -0.119. The van der Waals surface area contributed by atoms with Crippen LogP contribution in [0.4, 0.5) is 5.69 Å². The van der Waals surface area contributed by atoms with E-state index in [1.807, 2.05) is 0 Å². The first kappa shape index (κ1) is 18.2. The van der Waals surface area contributed by atoms with Gasteiger partial charge in [0.1, 0.15) is 0 Å². The Balaban J connectivity index is 2.33. The fourth-order valence-electron chi connectivity index (χ4n) is 1.83. The molecule has 3 nitrogen and oxygen atoms in total. The van der Waals surface area contributed by atoms with Gasteiger partial charge in [-0.2, -0.15) is 0 Å². The molecule has 0 fully saturated rings. The Bertz CT molecular complexity index is 495. The molecule has 0 radical (unpaired) electrons. The monoisotopic (exact) mass is 346 g/mol. The molecule has 0 saturated carbocycles. The van der Waals surface area contributed by atoms with Crippen LogP contribution in [0.1, 0.15) is 45.4 Å². The number of amides is 1. The number of hydrogen-bond donors (Lipinski definition) is 2. The van der Waals surface area contributed by atoms with Crippen molar-refractivity contribution in [2.75, 3.05) is 5.32 Å². The lowest BCUT2D eigenvalue weighted by atomic mass is 10.1. The number of benzene rings is 1. The van der Waals surface area contributed by atoms with E-state index in [1.54, 1.807) is 18.2 Å². The fourth-order valence-corrected chi connectivity index (χ4v) is 2.40. The van der Waals surface area contributed by atoms with Crippen LogP contribution < -0.4 is 10.6 Å². The Kier molecular flexibility index (Phi) is 8.66. The Morgan fingerprint density at radius 1 is 1.19 bits per heavy atom. The summed E-state index contributed by atoms with van der Waals surface area (Å²) in [7, 11) is 0. The molecule has 0 spiro atoms. The van der Waals surface area contributed by atoms with E-state index in [1.165, 1.54) is 19.3 Å². The summed E-state index contributed by atoms with van der Waals surface area (Å²) in [4.78, 5) is 11.7. The van der Waals surface area contributed by atoms with Gasteiger partial charge >= 0.3 is 0 Å². The van der Waals surface area contributed by atoms with Crippen molar-refractivity contribution in [3.05, 3.63) is 28.2 Å². The Morgan fingerprint density at radius 2 is 1.90 bits per heavy atom. The van der Waals surface area contributed by atoms with Gasteiger partial charge in [-0.1, -0.05) is 61.9 Å². The van der Waals surface area contributed by atoms with Crippen LogP contribution in [0.3, 0.4) is 0 Å². The fraction of sp³-hybridized carbons (Fsp3) is 0.467. The maximum Gasteiger partial charge on any atom is 0.226 e. The van der Waals surface area contributed by atoms with E-state index >= 15 is 0 Å². The number of halogens is 2. The average Bonchev–Trinajstić information content (AvgIpc) is 2.43. The summed E-state index contributed by atoms with van der Waals surface area (Å²) in [6.07, 6.45) is 6.02. The highest BCUT2D eigenvalue weighted by atomic mass is 35.5. The number of nitrogens with one attached hydrogen (secondary N) is 2. The maximum absolute atomic E-state index is 11.7. The maximum atomic E-state index is 11.7. The first-order chi connectivity index (χ1) is 10.0. The van der Waals surface area contributed by atoms with Gasteiger partial charge in [-0.05, 0) is 30.8 Å². The highest BCUT2D eigenvalue weighted by molar-refractivity contribution is 7.80. The van der Waals surface area contributed by atoms with E-state index in [0.29, 0.717) is 22.2 Å². The zero-order valence-electron chi connectivity index (χ0n) is 12.0. The molecule has 1 rings (SSSR count). The molecule has 1 aromatic carbocycles. The number of carbonyl (C=O) groups is 1. The predicted octanol–water partition coefficient (Wildman–Crippen LogP) is 5.17. The van der Waals surface area contributed by atoms with E-state index in [2.05, 4.69) is 17.6 Å². The van der Waals surface area contributed by atoms with Gasteiger partial charge in [0, 0.05) is 6.42 Å². The molecule has 0 heterocycles. The van der Waals surface area contributed by atoms with Gasteiger partial charge in [-0.3, -0.25) is 4.79 Å². The second-order valence-electron chi connectivity index (χ2n) is 4.77. The minimum absolute atomic E-state index is 0.0813. The molecule has 21 heavy (non-hydrogen) atoms.